The summed E-state index contributed by atoms with van der Waals surface area (Å²) >= 11 is 0. The fourth-order valence-electron chi connectivity index (χ4n) is 2.09. The van der Waals surface area contributed by atoms with Gasteiger partial charge in [-0.3, -0.25) is 4.79 Å². The average molecular weight is 261 g/mol. The third-order valence-electron chi connectivity index (χ3n) is 3.36. The van der Waals surface area contributed by atoms with E-state index in [1.807, 2.05) is 32.0 Å². The van der Waals surface area contributed by atoms with Crippen molar-refractivity contribution in [2.24, 2.45) is 11.1 Å². The highest BCUT2D eigenvalue weighted by molar-refractivity contribution is 5.97. The van der Waals surface area contributed by atoms with Gasteiger partial charge in [0.25, 0.3) is 0 Å². The number of nitrogens with zero attached hydrogens (tertiary/aromatic N) is 2. The highest BCUT2D eigenvalue weighted by Gasteiger charge is 2.30. The number of fused-ring (bicyclic) bond motifs is 1. The second kappa shape index (κ2) is 5.01. The Kier molecular flexibility index (Phi) is 3.57. The van der Waals surface area contributed by atoms with Crippen LogP contribution >= 0.6 is 0 Å². The number of carbonyl (C=O) groups is 1. The zero-order chi connectivity index (χ0) is 14.0. The van der Waals surface area contributed by atoms with Gasteiger partial charge in [-0.15, -0.1) is 0 Å². The Morgan fingerprint density at radius 2 is 2.21 bits per heavy atom. The Labute approximate surface area is 112 Å². The number of carbonyl (C=O) groups excluding carboxylic acids is 1. The summed E-state index contributed by atoms with van der Waals surface area (Å²) in [5.41, 5.74) is 7.33. The largest absolute Gasteiger partial charge is 0.443 e. The zero-order valence-corrected chi connectivity index (χ0v) is 11.5. The molecule has 1 aromatic carbocycles. The number of oxazole rings is 1. The van der Waals surface area contributed by atoms with E-state index in [1.54, 1.807) is 11.9 Å². The van der Waals surface area contributed by atoms with E-state index in [0.29, 0.717) is 18.5 Å². The van der Waals surface area contributed by atoms with Crippen molar-refractivity contribution >= 4 is 22.7 Å². The highest BCUT2D eigenvalue weighted by Crippen LogP contribution is 2.27. The molecule has 0 bridgehead atoms. The van der Waals surface area contributed by atoms with Crippen molar-refractivity contribution in [2.75, 3.05) is 18.5 Å². The number of anilines is 1. The number of benzene rings is 1. The maximum atomic E-state index is 12.5. The van der Waals surface area contributed by atoms with Crippen LogP contribution in [0.3, 0.4) is 0 Å². The molecule has 19 heavy (non-hydrogen) atoms. The van der Waals surface area contributed by atoms with Gasteiger partial charge >= 0.3 is 0 Å². The Balaban J connectivity index is 2.27. The van der Waals surface area contributed by atoms with Gasteiger partial charge in [-0.25, -0.2) is 4.98 Å². The maximum Gasteiger partial charge on any atom is 0.232 e. The van der Waals surface area contributed by atoms with Crippen LogP contribution in [0.15, 0.2) is 29.0 Å². The molecule has 0 unspecified atom stereocenters. The Hall–Kier alpha value is -1.88. The van der Waals surface area contributed by atoms with Crippen LogP contribution in [0.5, 0.6) is 0 Å². The molecule has 0 radical (unpaired) electrons. The van der Waals surface area contributed by atoms with Gasteiger partial charge in [0.1, 0.15) is 5.52 Å². The Morgan fingerprint density at radius 1 is 1.47 bits per heavy atom. The lowest BCUT2D eigenvalue weighted by Gasteiger charge is -2.29. The summed E-state index contributed by atoms with van der Waals surface area (Å²) in [7, 11) is 1.76. The van der Waals surface area contributed by atoms with E-state index in [0.717, 1.165) is 11.2 Å². The van der Waals surface area contributed by atoms with Crippen molar-refractivity contribution in [3.8, 4) is 0 Å². The molecule has 5 heteroatoms. The van der Waals surface area contributed by atoms with Crippen LogP contribution in [-0.4, -0.2) is 24.5 Å². The van der Waals surface area contributed by atoms with Crippen molar-refractivity contribution in [3.05, 3.63) is 24.6 Å². The number of hydrogen-bond donors (Lipinski definition) is 1. The number of hydrogen-bond acceptors (Lipinski definition) is 4. The van der Waals surface area contributed by atoms with E-state index in [-0.39, 0.29) is 5.91 Å². The number of aromatic nitrogens is 1. The van der Waals surface area contributed by atoms with Gasteiger partial charge in [-0.05, 0) is 25.1 Å². The van der Waals surface area contributed by atoms with E-state index in [1.165, 1.54) is 6.39 Å². The van der Waals surface area contributed by atoms with E-state index in [9.17, 15) is 4.79 Å². The molecular weight excluding hydrogens is 242 g/mol. The predicted molar refractivity (Wildman–Crippen MR) is 74.9 cm³/mol. The van der Waals surface area contributed by atoms with Crippen molar-refractivity contribution < 1.29 is 9.21 Å². The van der Waals surface area contributed by atoms with Gasteiger partial charge in [0, 0.05) is 24.2 Å². The zero-order valence-electron chi connectivity index (χ0n) is 11.5. The third kappa shape index (κ3) is 2.61. The van der Waals surface area contributed by atoms with Crippen LogP contribution in [0.25, 0.3) is 11.1 Å². The van der Waals surface area contributed by atoms with Crippen LogP contribution in [0.4, 0.5) is 5.69 Å². The molecule has 102 valence electrons. The molecule has 5 nitrogen and oxygen atoms in total. The van der Waals surface area contributed by atoms with Crippen LogP contribution in [0, 0.1) is 5.41 Å². The van der Waals surface area contributed by atoms with Gasteiger partial charge in [-0.1, -0.05) is 13.8 Å². The molecule has 2 rings (SSSR count). The van der Waals surface area contributed by atoms with Crippen molar-refractivity contribution in [1.29, 1.82) is 0 Å². The first kappa shape index (κ1) is 13.5. The van der Waals surface area contributed by atoms with E-state index in [2.05, 4.69) is 4.98 Å². The molecule has 0 aliphatic rings. The molecule has 0 aliphatic carbocycles. The topological polar surface area (TPSA) is 72.4 Å². The van der Waals surface area contributed by atoms with Crippen molar-refractivity contribution in [2.45, 2.75) is 20.3 Å². The summed E-state index contributed by atoms with van der Waals surface area (Å²) in [6, 6.07) is 5.52. The molecule has 1 heterocycles. The Bertz CT molecular complexity index is 589. The summed E-state index contributed by atoms with van der Waals surface area (Å²) in [6.45, 7) is 4.31. The SMILES string of the molecule is CN(C(=O)C(C)(C)CCN)c1ccc2ncoc2c1. The first-order chi connectivity index (χ1) is 8.95. The van der Waals surface area contributed by atoms with Crippen molar-refractivity contribution in [1.82, 2.24) is 4.98 Å². The summed E-state index contributed by atoms with van der Waals surface area (Å²) in [5, 5.41) is 0. The molecule has 1 aromatic heterocycles. The minimum absolute atomic E-state index is 0.0387. The van der Waals surface area contributed by atoms with Gasteiger partial charge in [0.2, 0.25) is 5.91 Å². The van der Waals surface area contributed by atoms with Crippen LogP contribution < -0.4 is 10.6 Å². The Morgan fingerprint density at radius 3 is 2.89 bits per heavy atom. The van der Waals surface area contributed by atoms with Gasteiger partial charge in [0.05, 0.1) is 0 Å². The van der Waals surface area contributed by atoms with Crippen LogP contribution in [0.2, 0.25) is 0 Å². The minimum Gasteiger partial charge on any atom is -0.443 e. The van der Waals surface area contributed by atoms with Crippen molar-refractivity contribution in [3.63, 3.8) is 0 Å². The molecule has 0 aliphatic heterocycles. The molecule has 0 spiro atoms. The molecule has 0 saturated heterocycles. The van der Waals surface area contributed by atoms with Gasteiger partial charge in [0.15, 0.2) is 12.0 Å². The second-order valence-electron chi connectivity index (χ2n) is 5.29. The fourth-order valence-corrected chi connectivity index (χ4v) is 2.09. The van der Waals surface area contributed by atoms with Crippen LogP contribution in [-0.2, 0) is 4.79 Å². The average Bonchev–Trinajstić information content (AvgIpc) is 2.84. The van der Waals surface area contributed by atoms with E-state index >= 15 is 0 Å². The standard InChI is InChI=1S/C14H19N3O2/c1-14(2,6-7-15)13(18)17(3)10-4-5-11-12(8-10)19-9-16-11/h4-5,8-9H,6-7,15H2,1-3H3. The number of amides is 1. The van der Waals surface area contributed by atoms with E-state index < -0.39 is 5.41 Å². The second-order valence-corrected chi connectivity index (χ2v) is 5.29. The first-order valence-electron chi connectivity index (χ1n) is 6.27. The lowest BCUT2D eigenvalue weighted by atomic mass is 9.87. The molecular formula is C14H19N3O2. The van der Waals surface area contributed by atoms with E-state index in [4.69, 9.17) is 10.2 Å². The fraction of sp³-hybridized carbons (Fsp3) is 0.429. The number of nitrogens with two attached hydrogens (primary N) is 1. The quantitative estimate of drug-likeness (QED) is 0.915. The number of rotatable bonds is 4. The lowest BCUT2D eigenvalue weighted by Crippen LogP contribution is -2.39. The highest BCUT2D eigenvalue weighted by atomic mass is 16.3. The molecule has 2 aromatic rings. The predicted octanol–water partition coefficient (Wildman–Crippen LogP) is 2.17. The maximum absolute atomic E-state index is 12.5. The molecule has 0 fully saturated rings. The smallest absolute Gasteiger partial charge is 0.232 e. The summed E-state index contributed by atoms with van der Waals surface area (Å²) < 4.78 is 5.25. The van der Waals surface area contributed by atoms with Crippen LogP contribution in [0.1, 0.15) is 20.3 Å². The molecule has 0 saturated carbocycles. The first-order valence-corrected chi connectivity index (χ1v) is 6.27. The summed E-state index contributed by atoms with van der Waals surface area (Å²) in [6.07, 6.45) is 2.05. The minimum atomic E-state index is -0.472. The molecule has 1 amide bonds. The van der Waals surface area contributed by atoms with Gasteiger partial charge in [-0.2, -0.15) is 0 Å². The lowest BCUT2D eigenvalue weighted by molar-refractivity contribution is -0.126. The molecule has 2 N–H and O–H groups in total. The third-order valence-corrected chi connectivity index (χ3v) is 3.36. The monoisotopic (exact) mass is 261 g/mol. The van der Waals surface area contributed by atoms with Gasteiger partial charge < -0.3 is 15.1 Å². The summed E-state index contributed by atoms with van der Waals surface area (Å²) in [4.78, 5) is 18.1. The summed E-state index contributed by atoms with van der Waals surface area (Å²) in [5.74, 6) is 0.0387. The molecule has 0 atom stereocenters. The normalized spacial score (nSPS) is 11.8.